The zero-order valence-corrected chi connectivity index (χ0v) is 9.28. The lowest BCUT2D eigenvalue weighted by atomic mass is 10.2. The predicted molar refractivity (Wildman–Crippen MR) is 63.1 cm³/mol. The Hall–Kier alpha value is -2.08. The fourth-order valence-electron chi connectivity index (χ4n) is 1.55. The Morgan fingerprint density at radius 3 is 2.88 bits per heavy atom. The van der Waals surface area contributed by atoms with Crippen molar-refractivity contribution in [2.75, 3.05) is 0 Å². The van der Waals surface area contributed by atoms with Crippen LogP contribution in [-0.4, -0.2) is 16.3 Å². The molecule has 0 spiro atoms. The van der Waals surface area contributed by atoms with E-state index in [2.05, 4.69) is 10.5 Å². The van der Waals surface area contributed by atoms with Gasteiger partial charge >= 0.3 is 0 Å². The third kappa shape index (κ3) is 1.72. The largest absolute Gasteiger partial charge is 0.356 e. The van der Waals surface area contributed by atoms with Crippen LogP contribution in [-0.2, 0) is 4.79 Å². The number of carbonyl (C=O) groups is 2. The van der Waals surface area contributed by atoms with Crippen molar-refractivity contribution >= 4 is 40.0 Å². The van der Waals surface area contributed by atoms with Crippen molar-refractivity contribution in [2.24, 2.45) is 0 Å². The summed E-state index contributed by atoms with van der Waals surface area (Å²) in [5.74, 6) is -0.396. The number of para-hydroxylation sites is 1. The number of nitrogens with zero attached hydrogens (tertiary/aromatic N) is 1. The topological polar surface area (TPSA) is 72.2 Å². The number of aromatic nitrogens is 1. The minimum atomic E-state index is -0.396. The van der Waals surface area contributed by atoms with Crippen molar-refractivity contribution < 1.29 is 14.1 Å². The zero-order valence-electron chi connectivity index (χ0n) is 8.47. The second kappa shape index (κ2) is 3.74. The Balaban J connectivity index is 2.08. The van der Waals surface area contributed by atoms with Gasteiger partial charge in [0.05, 0.1) is 4.91 Å². The van der Waals surface area contributed by atoms with Crippen LogP contribution in [0.3, 0.4) is 0 Å². The maximum Gasteiger partial charge on any atom is 0.290 e. The number of fused-ring (bicyclic) bond motifs is 1. The zero-order chi connectivity index (χ0) is 11.8. The monoisotopic (exact) mass is 246 g/mol. The fraction of sp³-hybridized carbons (Fsp3) is 0. The summed E-state index contributed by atoms with van der Waals surface area (Å²) in [6.07, 6.45) is 1.55. The first-order valence-electron chi connectivity index (χ1n) is 4.83. The minimum Gasteiger partial charge on any atom is -0.356 e. The fourth-order valence-corrected chi connectivity index (χ4v) is 2.21. The third-order valence-corrected chi connectivity index (χ3v) is 3.13. The SMILES string of the molecule is O=C1NC(=O)C(=Cc2noc3ccccc23)S1. The van der Waals surface area contributed by atoms with Crippen molar-refractivity contribution in [3.8, 4) is 0 Å². The first-order chi connectivity index (χ1) is 8.24. The molecule has 1 aliphatic heterocycles. The molecule has 5 nitrogen and oxygen atoms in total. The molecule has 84 valence electrons. The lowest BCUT2D eigenvalue weighted by Gasteiger charge is -1.89. The average molecular weight is 246 g/mol. The summed E-state index contributed by atoms with van der Waals surface area (Å²) in [7, 11) is 0. The highest BCUT2D eigenvalue weighted by Crippen LogP contribution is 2.27. The second-order valence-electron chi connectivity index (χ2n) is 3.42. The Morgan fingerprint density at radius 1 is 1.29 bits per heavy atom. The predicted octanol–water partition coefficient (Wildman–Crippen LogP) is 2.15. The molecule has 17 heavy (non-hydrogen) atoms. The van der Waals surface area contributed by atoms with E-state index in [-0.39, 0.29) is 5.24 Å². The van der Waals surface area contributed by atoms with Gasteiger partial charge in [0.15, 0.2) is 5.58 Å². The number of carbonyl (C=O) groups excluding carboxylic acids is 2. The molecule has 1 fully saturated rings. The van der Waals surface area contributed by atoms with Crippen LogP contribution in [0.4, 0.5) is 4.79 Å². The maximum atomic E-state index is 11.4. The molecule has 0 aliphatic carbocycles. The number of thioether (sulfide) groups is 1. The molecule has 1 aromatic heterocycles. The molecule has 1 aromatic carbocycles. The molecule has 2 aromatic rings. The lowest BCUT2D eigenvalue weighted by molar-refractivity contribution is -0.115. The summed E-state index contributed by atoms with van der Waals surface area (Å²) in [5, 5.41) is 6.49. The van der Waals surface area contributed by atoms with Gasteiger partial charge in [-0.2, -0.15) is 0 Å². The van der Waals surface area contributed by atoms with Gasteiger partial charge < -0.3 is 4.52 Å². The summed E-state index contributed by atoms with van der Waals surface area (Å²) in [4.78, 5) is 22.7. The van der Waals surface area contributed by atoms with E-state index in [1.54, 1.807) is 12.1 Å². The summed E-state index contributed by atoms with van der Waals surface area (Å²) in [6, 6.07) is 7.33. The van der Waals surface area contributed by atoms with E-state index in [0.717, 1.165) is 17.1 Å². The van der Waals surface area contributed by atoms with Gasteiger partial charge in [-0.25, -0.2) is 0 Å². The Kier molecular flexibility index (Phi) is 2.22. The van der Waals surface area contributed by atoms with Crippen LogP contribution in [0.15, 0.2) is 33.7 Å². The van der Waals surface area contributed by atoms with Gasteiger partial charge in [0.1, 0.15) is 5.69 Å². The molecular weight excluding hydrogens is 240 g/mol. The van der Waals surface area contributed by atoms with Gasteiger partial charge in [0.2, 0.25) is 0 Å². The number of benzene rings is 1. The van der Waals surface area contributed by atoms with Gasteiger partial charge in [0, 0.05) is 5.39 Å². The van der Waals surface area contributed by atoms with Crippen molar-refractivity contribution in [1.82, 2.24) is 10.5 Å². The van der Waals surface area contributed by atoms with Gasteiger partial charge in [0.25, 0.3) is 11.1 Å². The summed E-state index contributed by atoms with van der Waals surface area (Å²) >= 11 is 0.860. The number of imide groups is 1. The Labute approximate surface area is 99.8 Å². The quantitative estimate of drug-likeness (QED) is 0.780. The van der Waals surface area contributed by atoms with Crippen LogP contribution in [0.5, 0.6) is 0 Å². The highest BCUT2D eigenvalue weighted by molar-refractivity contribution is 8.18. The number of nitrogens with one attached hydrogen (secondary N) is 1. The van der Waals surface area contributed by atoms with Crippen molar-refractivity contribution in [3.05, 3.63) is 34.9 Å². The van der Waals surface area contributed by atoms with Crippen molar-refractivity contribution in [2.45, 2.75) is 0 Å². The molecule has 6 heteroatoms. The van der Waals surface area contributed by atoms with Gasteiger partial charge in [-0.05, 0) is 30.0 Å². The highest BCUT2D eigenvalue weighted by atomic mass is 32.2. The molecule has 1 saturated heterocycles. The van der Waals surface area contributed by atoms with E-state index in [9.17, 15) is 9.59 Å². The van der Waals surface area contributed by atoms with Crippen LogP contribution in [0.25, 0.3) is 17.0 Å². The summed E-state index contributed by atoms with van der Waals surface area (Å²) in [5.41, 5.74) is 1.20. The standard InChI is InChI=1S/C11H6N2O3S/c14-10-9(17-11(15)12-10)5-7-6-3-1-2-4-8(6)16-13-7/h1-5H,(H,12,14,15). The van der Waals surface area contributed by atoms with E-state index in [4.69, 9.17) is 4.52 Å². The van der Waals surface area contributed by atoms with E-state index < -0.39 is 5.91 Å². The van der Waals surface area contributed by atoms with Gasteiger partial charge in [-0.15, -0.1) is 0 Å². The van der Waals surface area contributed by atoms with E-state index in [1.165, 1.54) is 0 Å². The highest BCUT2D eigenvalue weighted by Gasteiger charge is 2.25. The Morgan fingerprint density at radius 2 is 2.12 bits per heavy atom. The van der Waals surface area contributed by atoms with E-state index >= 15 is 0 Å². The molecule has 1 N–H and O–H groups in total. The lowest BCUT2D eigenvalue weighted by Crippen LogP contribution is -2.17. The molecule has 0 saturated carbocycles. The molecule has 0 atom stereocenters. The normalized spacial score (nSPS) is 18.0. The molecule has 0 unspecified atom stereocenters. The molecular formula is C11H6N2O3S. The van der Waals surface area contributed by atoms with Crippen molar-refractivity contribution in [3.63, 3.8) is 0 Å². The summed E-state index contributed by atoms with van der Waals surface area (Å²) in [6.45, 7) is 0. The maximum absolute atomic E-state index is 11.4. The van der Waals surface area contributed by atoms with Crippen LogP contribution in [0, 0.1) is 0 Å². The number of hydrogen-bond donors (Lipinski definition) is 1. The summed E-state index contributed by atoms with van der Waals surface area (Å²) < 4.78 is 5.10. The van der Waals surface area contributed by atoms with Crippen LogP contribution < -0.4 is 5.32 Å². The minimum absolute atomic E-state index is 0.328. The van der Waals surface area contributed by atoms with E-state index in [1.807, 2.05) is 18.2 Å². The molecule has 2 amide bonds. The number of amides is 2. The van der Waals surface area contributed by atoms with Crippen LogP contribution in [0.1, 0.15) is 5.69 Å². The second-order valence-corrected chi connectivity index (χ2v) is 4.43. The average Bonchev–Trinajstić information content (AvgIpc) is 2.85. The van der Waals surface area contributed by atoms with Gasteiger partial charge in [-0.1, -0.05) is 17.3 Å². The molecule has 0 bridgehead atoms. The molecule has 1 aliphatic rings. The molecule has 3 rings (SSSR count). The Bertz CT molecular complexity index is 660. The number of hydrogen-bond acceptors (Lipinski definition) is 5. The van der Waals surface area contributed by atoms with Crippen molar-refractivity contribution in [1.29, 1.82) is 0 Å². The first kappa shape index (κ1) is 10.1. The molecule has 2 heterocycles. The smallest absolute Gasteiger partial charge is 0.290 e. The molecule has 0 radical (unpaired) electrons. The van der Waals surface area contributed by atoms with Crippen LogP contribution >= 0.6 is 11.8 Å². The van der Waals surface area contributed by atoms with Crippen LogP contribution in [0.2, 0.25) is 0 Å². The first-order valence-corrected chi connectivity index (χ1v) is 5.65. The van der Waals surface area contributed by atoms with E-state index in [0.29, 0.717) is 16.2 Å². The van der Waals surface area contributed by atoms with Gasteiger partial charge in [-0.3, -0.25) is 14.9 Å². The number of rotatable bonds is 1. The third-order valence-electron chi connectivity index (χ3n) is 2.32.